The van der Waals surface area contributed by atoms with Gasteiger partial charge in [0.2, 0.25) is 0 Å². The number of nitrogens with one attached hydrogen (secondary N) is 1. The maximum atomic E-state index is 12.6. The molecule has 1 aliphatic rings. The van der Waals surface area contributed by atoms with Crippen molar-refractivity contribution in [1.82, 2.24) is 20.1 Å². The van der Waals surface area contributed by atoms with Crippen LogP contribution in [0.25, 0.3) is 11.4 Å². The predicted octanol–water partition coefficient (Wildman–Crippen LogP) is 1.64. The molecule has 0 aliphatic carbocycles. The van der Waals surface area contributed by atoms with Crippen LogP contribution < -0.4 is 0 Å². The highest BCUT2D eigenvalue weighted by molar-refractivity contribution is 5.95. The first kappa shape index (κ1) is 13.8. The molecule has 0 unspecified atom stereocenters. The van der Waals surface area contributed by atoms with Gasteiger partial charge in [-0.3, -0.25) is 9.89 Å². The number of hydrogen-bond donors (Lipinski definition) is 1. The van der Waals surface area contributed by atoms with E-state index in [0.717, 1.165) is 11.4 Å². The largest absolute Gasteiger partial charge is 0.375 e. The maximum absolute atomic E-state index is 12.6. The van der Waals surface area contributed by atoms with Crippen molar-refractivity contribution in [3.8, 4) is 11.4 Å². The van der Waals surface area contributed by atoms with Crippen LogP contribution in [0, 0.1) is 6.92 Å². The van der Waals surface area contributed by atoms with Gasteiger partial charge in [-0.2, -0.15) is 5.10 Å². The van der Waals surface area contributed by atoms with Gasteiger partial charge in [0.1, 0.15) is 5.82 Å². The first-order valence-electron chi connectivity index (χ1n) is 7.04. The molecule has 1 saturated heterocycles. The summed E-state index contributed by atoms with van der Waals surface area (Å²) in [5, 5.41) is 6.94. The standard InChI is InChI=1S/C15H18N4O2/c1-10-9-19(6-7-21-10)15(20)13-5-3-4-12(8-13)14-16-11(2)17-18-14/h3-5,8,10H,6-7,9H2,1-2H3,(H,16,17,18)/t10-/m1/s1. The minimum absolute atomic E-state index is 0.0271. The van der Waals surface area contributed by atoms with Crippen LogP contribution in [-0.4, -0.2) is 51.8 Å². The van der Waals surface area contributed by atoms with Crippen LogP contribution in [0.15, 0.2) is 24.3 Å². The molecule has 1 amide bonds. The number of ether oxygens (including phenoxy) is 1. The van der Waals surface area contributed by atoms with E-state index in [0.29, 0.717) is 31.1 Å². The molecule has 1 aromatic carbocycles. The van der Waals surface area contributed by atoms with E-state index in [1.165, 1.54) is 0 Å². The number of nitrogens with zero attached hydrogens (tertiary/aromatic N) is 3. The third kappa shape index (κ3) is 2.95. The lowest BCUT2D eigenvalue weighted by Gasteiger charge is -2.31. The van der Waals surface area contributed by atoms with Gasteiger partial charge in [0.15, 0.2) is 5.82 Å². The van der Waals surface area contributed by atoms with E-state index in [1.54, 1.807) is 0 Å². The second-order valence-electron chi connectivity index (χ2n) is 5.26. The Balaban J connectivity index is 1.84. The van der Waals surface area contributed by atoms with Crippen LogP contribution in [0.2, 0.25) is 0 Å². The lowest BCUT2D eigenvalue weighted by Crippen LogP contribution is -2.44. The summed E-state index contributed by atoms with van der Waals surface area (Å²) >= 11 is 0. The van der Waals surface area contributed by atoms with Gasteiger partial charge in [-0.05, 0) is 26.0 Å². The zero-order chi connectivity index (χ0) is 14.8. The molecule has 1 aliphatic heterocycles. The smallest absolute Gasteiger partial charge is 0.254 e. The van der Waals surface area contributed by atoms with Crippen molar-refractivity contribution in [1.29, 1.82) is 0 Å². The minimum atomic E-state index is 0.0271. The molecule has 110 valence electrons. The van der Waals surface area contributed by atoms with Crippen LogP contribution in [-0.2, 0) is 4.74 Å². The topological polar surface area (TPSA) is 71.1 Å². The van der Waals surface area contributed by atoms with Crippen molar-refractivity contribution < 1.29 is 9.53 Å². The van der Waals surface area contributed by atoms with Gasteiger partial charge >= 0.3 is 0 Å². The molecular formula is C15H18N4O2. The minimum Gasteiger partial charge on any atom is -0.375 e. The molecule has 6 heteroatoms. The lowest BCUT2D eigenvalue weighted by atomic mass is 10.1. The third-order valence-corrected chi connectivity index (χ3v) is 3.49. The molecule has 1 N–H and O–H groups in total. The third-order valence-electron chi connectivity index (χ3n) is 3.49. The number of carbonyl (C=O) groups excluding carboxylic acids is 1. The van der Waals surface area contributed by atoms with E-state index >= 15 is 0 Å². The van der Waals surface area contributed by atoms with Crippen LogP contribution in [0.5, 0.6) is 0 Å². The van der Waals surface area contributed by atoms with Gasteiger partial charge in [0.25, 0.3) is 5.91 Å². The van der Waals surface area contributed by atoms with Crippen molar-refractivity contribution >= 4 is 5.91 Å². The molecule has 6 nitrogen and oxygen atoms in total. The van der Waals surface area contributed by atoms with Gasteiger partial charge in [-0.15, -0.1) is 0 Å². The van der Waals surface area contributed by atoms with E-state index in [2.05, 4.69) is 15.2 Å². The Morgan fingerprint density at radius 3 is 3.05 bits per heavy atom. The number of carbonyl (C=O) groups is 1. The van der Waals surface area contributed by atoms with Gasteiger partial charge in [-0.25, -0.2) is 4.98 Å². The van der Waals surface area contributed by atoms with Crippen molar-refractivity contribution in [2.45, 2.75) is 20.0 Å². The Bertz CT molecular complexity index is 653. The number of hydrogen-bond acceptors (Lipinski definition) is 4. The lowest BCUT2D eigenvalue weighted by molar-refractivity contribution is -0.0124. The number of aryl methyl sites for hydroxylation is 1. The Hall–Kier alpha value is -2.21. The number of rotatable bonds is 2. The Morgan fingerprint density at radius 1 is 1.48 bits per heavy atom. The number of aromatic nitrogens is 3. The summed E-state index contributed by atoms with van der Waals surface area (Å²) in [7, 11) is 0. The highest BCUT2D eigenvalue weighted by atomic mass is 16.5. The van der Waals surface area contributed by atoms with Gasteiger partial charge in [0, 0.05) is 24.2 Å². The molecular weight excluding hydrogens is 268 g/mol. The van der Waals surface area contributed by atoms with Crippen LogP contribution in [0.3, 0.4) is 0 Å². The predicted molar refractivity (Wildman–Crippen MR) is 77.9 cm³/mol. The molecule has 0 spiro atoms. The summed E-state index contributed by atoms with van der Waals surface area (Å²) < 4.78 is 5.47. The maximum Gasteiger partial charge on any atom is 0.254 e. The molecule has 3 rings (SSSR count). The van der Waals surface area contributed by atoms with E-state index < -0.39 is 0 Å². The molecule has 2 aromatic rings. The fourth-order valence-corrected chi connectivity index (χ4v) is 2.45. The van der Waals surface area contributed by atoms with Crippen LogP contribution in [0.1, 0.15) is 23.1 Å². The summed E-state index contributed by atoms with van der Waals surface area (Å²) in [4.78, 5) is 18.7. The average molecular weight is 286 g/mol. The first-order valence-corrected chi connectivity index (χ1v) is 7.04. The summed E-state index contributed by atoms with van der Waals surface area (Å²) in [5.74, 6) is 1.39. The normalized spacial score (nSPS) is 18.8. The van der Waals surface area contributed by atoms with E-state index in [1.807, 2.05) is 43.0 Å². The fraction of sp³-hybridized carbons (Fsp3) is 0.400. The highest BCUT2D eigenvalue weighted by Gasteiger charge is 2.22. The molecule has 0 bridgehead atoms. The monoisotopic (exact) mass is 286 g/mol. The van der Waals surface area contributed by atoms with Crippen LogP contribution >= 0.6 is 0 Å². The molecule has 0 saturated carbocycles. The van der Waals surface area contributed by atoms with Crippen molar-refractivity contribution in [2.24, 2.45) is 0 Å². The van der Waals surface area contributed by atoms with Gasteiger partial charge in [0.05, 0.1) is 12.7 Å². The van der Waals surface area contributed by atoms with E-state index in [4.69, 9.17) is 4.74 Å². The number of H-pyrrole nitrogens is 1. The fourth-order valence-electron chi connectivity index (χ4n) is 2.45. The van der Waals surface area contributed by atoms with E-state index in [-0.39, 0.29) is 12.0 Å². The Kier molecular flexibility index (Phi) is 3.70. The van der Waals surface area contributed by atoms with Gasteiger partial charge < -0.3 is 9.64 Å². The van der Waals surface area contributed by atoms with E-state index in [9.17, 15) is 4.79 Å². The second kappa shape index (κ2) is 5.65. The number of morpholine rings is 1. The molecule has 21 heavy (non-hydrogen) atoms. The van der Waals surface area contributed by atoms with Crippen molar-refractivity contribution in [2.75, 3.05) is 19.7 Å². The summed E-state index contributed by atoms with van der Waals surface area (Å²) in [6.45, 7) is 5.68. The SMILES string of the molecule is Cc1nc(-c2cccc(C(=O)N3CCO[C@H](C)C3)c2)n[nH]1. The second-order valence-corrected chi connectivity index (χ2v) is 5.26. The van der Waals surface area contributed by atoms with Crippen molar-refractivity contribution in [3.63, 3.8) is 0 Å². The molecule has 1 fully saturated rings. The van der Waals surface area contributed by atoms with Crippen molar-refractivity contribution in [3.05, 3.63) is 35.7 Å². The quantitative estimate of drug-likeness (QED) is 0.911. The summed E-state index contributed by atoms with van der Waals surface area (Å²) in [6, 6.07) is 7.43. The molecule has 2 heterocycles. The molecule has 1 atom stereocenters. The van der Waals surface area contributed by atoms with Gasteiger partial charge in [-0.1, -0.05) is 12.1 Å². The number of benzene rings is 1. The number of aromatic amines is 1. The molecule has 1 aromatic heterocycles. The Morgan fingerprint density at radius 2 is 2.33 bits per heavy atom. The molecule has 0 radical (unpaired) electrons. The zero-order valence-corrected chi connectivity index (χ0v) is 12.2. The summed E-state index contributed by atoms with van der Waals surface area (Å²) in [5.41, 5.74) is 1.50. The van der Waals surface area contributed by atoms with Crippen LogP contribution in [0.4, 0.5) is 0 Å². The first-order chi connectivity index (χ1) is 10.1. The highest BCUT2D eigenvalue weighted by Crippen LogP contribution is 2.18. The summed E-state index contributed by atoms with van der Waals surface area (Å²) in [6.07, 6.45) is 0.0848. The Labute approximate surface area is 123 Å². The zero-order valence-electron chi connectivity index (χ0n) is 12.2. The number of amides is 1. The average Bonchev–Trinajstić information content (AvgIpc) is 2.93.